The molecule has 1 aliphatic rings. The summed E-state index contributed by atoms with van der Waals surface area (Å²) in [6.45, 7) is 2.23. The Kier molecular flexibility index (Phi) is 7.58. The minimum absolute atomic E-state index is 0.134. The van der Waals surface area contributed by atoms with E-state index in [1.54, 1.807) is 12.1 Å². The molecule has 186 valence electrons. The smallest absolute Gasteiger partial charge is 0.242 e. The number of rotatable bonds is 7. The Balaban J connectivity index is 1.30. The first-order valence-electron chi connectivity index (χ1n) is 11.7. The zero-order chi connectivity index (χ0) is 25.6. The number of fused-ring (bicyclic) bond motifs is 1. The van der Waals surface area contributed by atoms with Crippen LogP contribution in [0.3, 0.4) is 0 Å². The lowest BCUT2D eigenvalue weighted by Crippen LogP contribution is -2.19. The van der Waals surface area contributed by atoms with Crippen LogP contribution < -0.4 is 25.4 Å². The maximum atomic E-state index is 13.5. The maximum Gasteiger partial charge on any atom is 0.242 e. The largest absolute Gasteiger partial charge is 0.454 e. The van der Waals surface area contributed by atoms with Gasteiger partial charge in [-0.05, 0) is 67.2 Å². The lowest BCUT2D eigenvalue weighted by molar-refractivity contribution is -0.115. The predicted molar refractivity (Wildman–Crippen MR) is 154 cm³/mol. The molecule has 1 heterocycles. The van der Waals surface area contributed by atoms with Crippen LogP contribution in [0.5, 0.6) is 11.5 Å². The molecular weight excluding hydrogens is 502 g/mol. The van der Waals surface area contributed by atoms with Gasteiger partial charge in [0.15, 0.2) is 16.6 Å². The van der Waals surface area contributed by atoms with Gasteiger partial charge in [-0.3, -0.25) is 4.79 Å². The van der Waals surface area contributed by atoms with Crippen molar-refractivity contribution in [3.05, 3.63) is 108 Å². The highest BCUT2D eigenvalue weighted by molar-refractivity contribution is 8.00. The SMILES string of the molecule is Cc1ccc(NC(=S)Nc2cccc(SC(C(=O)Nc3ccc4c(c3)OCO4)c3ccccc3)c2)cc1. The van der Waals surface area contributed by atoms with E-state index in [4.69, 9.17) is 21.7 Å². The standard InChI is InChI=1S/C29H25N3O3S2/c1-19-10-12-21(13-11-19)31-29(36)32-22-8-5-9-24(16-22)37-27(20-6-3-2-4-7-20)28(33)30-23-14-15-25-26(17-23)35-18-34-25/h2-17,27H,18H2,1H3,(H,30,33)(H2,31,32,36). The Hall–Kier alpha value is -4.01. The number of anilines is 3. The molecule has 6 nitrogen and oxygen atoms in total. The molecule has 8 heteroatoms. The molecule has 4 aromatic rings. The van der Waals surface area contributed by atoms with Gasteiger partial charge in [0.2, 0.25) is 12.7 Å². The van der Waals surface area contributed by atoms with Gasteiger partial charge in [0, 0.05) is 28.0 Å². The second kappa shape index (κ2) is 11.4. The lowest BCUT2D eigenvalue weighted by Gasteiger charge is -2.18. The van der Waals surface area contributed by atoms with Crippen LogP contribution in [0.4, 0.5) is 17.1 Å². The van der Waals surface area contributed by atoms with Gasteiger partial charge in [-0.15, -0.1) is 11.8 Å². The summed E-state index contributed by atoms with van der Waals surface area (Å²) in [5, 5.41) is 9.48. The average Bonchev–Trinajstić information content (AvgIpc) is 3.37. The zero-order valence-electron chi connectivity index (χ0n) is 20.1. The Morgan fingerprint density at radius 3 is 2.30 bits per heavy atom. The second-order valence-electron chi connectivity index (χ2n) is 8.44. The van der Waals surface area contributed by atoms with Gasteiger partial charge in [0.1, 0.15) is 5.25 Å². The molecule has 4 aromatic carbocycles. The van der Waals surface area contributed by atoms with Gasteiger partial charge in [0.05, 0.1) is 0 Å². The number of hydrogen-bond acceptors (Lipinski definition) is 5. The Morgan fingerprint density at radius 2 is 1.49 bits per heavy atom. The van der Waals surface area contributed by atoms with E-state index < -0.39 is 5.25 Å². The number of carbonyl (C=O) groups excluding carboxylic acids is 1. The van der Waals surface area contributed by atoms with Crippen LogP contribution in [0.15, 0.2) is 102 Å². The summed E-state index contributed by atoms with van der Waals surface area (Å²) in [5.41, 5.74) is 4.49. The summed E-state index contributed by atoms with van der Waals surface area (Å²) in [5.74, 6) is 1.16. The highest BCUT2D eigenvalue weighted by Crippen LogP contribution is 2.38. The van der Waals surface area contributed by atoms with Crippen molar-refractivity contribution in [1.82, 2.24) is 0 Å². The van der Waals surface area contributed by atoms with E-state index in [0.717, 1.165) is 21.8 Å². The molecular formula is C29H25N3O3S2. The first-order valence-corrected chi connectivity index (χ1v) is 13.0. The maximum absolute atomic E-state index is 13.5. The molecule has 0 aromatic heterocycles. The van der Waals surface area contributed by atoms with E-state index in [0.29, 0.717) is 22.3 Å². The van der Waals surface area contributed by atoms with Crippen molar-refractivity contribution < 1.29 is 14.3 Å². The number of benzene rings is 4. The molecule has 1 amide bonds. The van der Waals surface area contributed by atoms with Gasteiger partial charge < -0.3 is 25.4 Å². The monoisotopic (exact) mass is 527 g/mol. The first kappa shape index (κ1) is 24.7. The van der Waals surface area contributed by atoms with Crippen molar-refractivity contribution in [1.29, 1.82) is 0 Å². The summed E-state index contributed by atoms with van der Waals surface area (Å²) < 4.78 is 10.8. The van der Waals surface area contributed by atoms with Crippen molar-refractivity contribution in [2.24, 2.45) is 0 Å². The van der Waals surface area contributed by atoms with Gasteiger partial charge in [-0.1, -0.05) is 54.1 Å². The molecule has 0 fully saturated rings. The van der Waals surface area contributed by atoms with Crippen molar-refractivity contribution in [3.63, 3.8) is 0 Å². The van der Waals surface area contributed by atoms with E-state index in [2.05, 4.69) is 16.0 Å². The zero-order valence-corrected chi connectivity index (χ0v) is 21.7. The summed E-state index contributed by atoms with van der Waals surface area (Å²) in [6, 6.07) is 31.0. The molecule has 1 unspecified atom stereocenters. The fraction of sp³-hybridized carbons (Fsp3) is 0.103. The molecule has 3 N–H and O–H groups in total. The van der Waals surface area contributed by atoms with Crippen LogP contribution in [0.1, 0.15) is 16.4 Å². The fourth-order valence-corrected chi connectivity index (χ4v) is 5.12. The molecule has 0 aliphatic carbocycles. The minimum atomic E-state index is -0.473. The van der Waals surface area contributed by atoms with Crippen LogP contribution in [0.2, 0.25) is 0 Å². The average molecular weight is 528 g/mol. The van der Waals surface area contributed by atoms with E-state index in [1.165, 1.54) is 17.3 Å². The number of thioether (sulfide) groups is 1. The summed E-state index contributed by atoms with van der Waals surface area (Å²) in [4.78, 5) is 14.4. The molecule has 0 bridgehead atoms. The highest BCUT2D eigenvalue weighted by Gasteiger charge is 2.23. The van der Waals surface area contributed by atoms with Crippen LogP contribution in [0, 0.1) is 6.92 Å². The van der Waals surface area contributed by atoms with Crippen molar-refractivity contribution in [2.45, 2.75) is 17.1 Å². The third kappa shape index (κ3) is 6.41. The number of carbonyl (C=O) groups is 1. The summed E-state index contributed by atoms with van der Waals surface area (Å²) >= 11 is 6.96. The predicted octanol–water partition coefficient (Wildman–Crippen LogP) is 7.00. The minimum Gasteiger partial charge on any atom is -0.454 e. The third-order valence-corrected chi connectivity index (χ3v) is 7.09. The number of amides is 1. The molecule has 1 atom stereocenters. The second-order valence-corrected chi connectivity index (χ2v) is 10.0. The van der Waals surface area contributed by atoms with Gasteiger partial charge >= 0.3 is 0 Å². The first-order chi connectivity index (χ1) is 18.0. The van der Waals surface area contributed by atoms with E-state index in [-0.39, 0.29) is 12.7 Å². The normalized spacial score (nSPS) is 12.5. The summed E-state index contributed by atoms with van der Waals surface area (Å²) in [7, 11) is 0. The molecule has 0 saturated carbocycles. The van der Waals surface area contributed by atoms with E-state index in [9.17, 15) is 4.79 Å². The van der Waals surface area contributed by atoms with E-state index in [1.807, 2.05) is 91.9 Å². The molecule has 1 aliphatic heterocycles. The van der Waals surface area contributed by atoms with Crippen molar-refractivity contribution in [2.75, 3.05) is 22.7 Å². The number of hydrogen-bond donors (Lipinski definition) is 3. The van der Waals surface area contributed by atoms with Gasteiger partial charge in [-0.2, -0.15) is 0 Å². The Labute approximate surface area is 225 Å². The van der Waals surface area contributed by atoms with Crippen molar-refractivity contribution >= 4 is 52.1 Å². The van der Waals surface area contributed by atoms with Gasteiger partial charge in [0.25, 0.3) is 0 Å². The van der Waals surface area contributed by atoms with Crippen LogP contribution in [0.25, 0.3) is 0 Å². The van der Waals surface area contributed by atoms with Crippen molar-refractivity contribution in [3.8, 4) is 11.5 Å². The topological polar surface area (TPSA) is 71.6 Å². The lowest BCUT2D eigenvalue weighted by atomic mass is 10.1. The number of thiocarbonyl (C=S) groups is 1. The molecule has 0 spiro atoms. The Morgan fingerprint density at radius 1 is 0.784 bits per heavy atom. The Bertz CT molecular complexity index is 1410. The fourth-order valence-electron chi connectivity index (χ4n) is 3.80. The number of nitrogens with one attached hydrogen (secondary N) is 3. The molecule has 0 saturated heterocycles. The molecule has 5 rings (SSSR count). The third-order valence-electron chi connectivity index (χ3n) is 5.64. The molecule has 0 radical (unpaired) electrons. The summed E-state index contributed by atoms with van der Waals surface area (Å²) in [6.07, 6.45) is 0. The quantitative estimate of drug-likeness (QED) is 0.176. The molecule has 37 heavy (non-hydrogen) atoms. The number of ether oxygens (including phenoxy) is 2. The highest BCUT2D eigenvalue weighted by atomic mass is 32.2. The van der Waals surface area contributed by atoms with Crippen LogP contribution in [-0.2, 0) is 4.79 Å². The van der Waals surface area contributed by atoms with Crippen LogP contribution in [-0.4, -0.2) is 17.8 Å². The van der Waals surface area contributed by atoms with Gasteiger partial charge in [-0.25, -0.2) is 0 Å². The van der Waals surface area contributed by atoms with E-state index >= 15 is 0 Å². The number of aryl methyl sites for hydroxylation is 1. The van der Waals surface area contributed by atoms with Crippen LogP contribution >= 0.6 is 24.0 Å².